The van der Waals surface area contributed by atoms with Crippen molar-refractivity contribution in [2.45, 2.75) is 6.43 Å². The molecule has 3 aromatic rings. The van der Waals surface area contributed by atoms with Crippen molar-refractivity contribution in [2.75, 3.05) is 4.90 Å². The molecule has 0 saturated heterocycles. The van der Waals surface area contributed by atoms with Gasteiger partial charge in [-0.1, -0.05) is 6.07 Å². The Labute approximate surface area is 150 Å². The van der Waals surface area contributed by atoms with Crippen LogP contribution in [0.5, 0.6) is 0 Å². The molecule has 0 radical (unpaired) electrons. The Morgan fingerprint density at radius 2 is 1.78 bits per heavy atom. The molecule has 2 aromatic carbocycles. The van der Waals surface area contributed by atoms with Crippen molar-refractivity contribution in [3.8, 4) is 11.1 Å². The largest absolute Gasteiger partial charge is 0.284 e. The van der Waals surface area contributed by atoms with Gasteiger partial charge in [0.25, 0.3) is 6.43 Å². The molecule has 4 nitrogen and oxygen atoms in total. The lowest BCUT2D eigenvalue weighted by molar-refractivity contribution is -0.106. The maximum atomic E-state index is 13.8. The molecule has 9 heteroatoms. The minimum Gasteiger partial charge on any atom is -0.279 e. The number of aryl methyl sites for hydroxylation is 1. The topological polar surface area (TPSA) is 38.1 Å². The van der Waals surface area contributed by atoms with E-state index in [9.17, 15) is 26.7 Å². The number of anilines is 2. The summed E-state index contributed by atoms with van der Waals surface area (Å²) in [5.74, 6) is -2.97. The van der Waals surface area contributed by atoms with E-state index in [4.69, 9.17) is 0 Å². The van der Waals surface area contributed by atoms with Crippen molar-refractivity contribution in [3.05, 3.63) is 65.7 Å². The first-order valence-electron chi connectivity index (χ1n) is 7.63. The molecular formula is C18H12F5N3O. The van der Waals surface area contributed by atoms with Crippen LogP contribution in [-0.4, -0.2) is 16.2 Å². The van der Waals surface area contributed by atoms with Crippen LogP contribution < -0.4 is 4.90 Å². The summed E-state index contributed by atoms with van der Waals surface area (Å²) in [7, 11) is 1.39. The third kappa shape index (κ3) is 3.53. The third-order valence-electron chi connectivity index (χ3n) is 3.86. The highest BCUT2D eigenvalue weighted by atomic mass is 19.3. The smallest absolute Gasteiger partial charge is 0.279 e. The summed E-state index contributed by atoms with van der Waals surface area (Å²) in [6.07, 6.45) is -1.58. The molecule has 0 unspecified atom stereocenters. The predicted octanol–water partition coefficient (Wildman–Crippen LogP) is 4.74. The number of carbonyl (C=O) groups excluding carboxylic acids is 1. The Hall–Kier alpha value is -3.23. The van der Waals surface area contributed by atoms with Crippen molar-refractivity contribution >= 4 is 17.8 Å². The molecule has 140 valence electrons. The van der Waals surface area contributed by atoms with Crippen LogP contribution in [0.4, 0.5) is 33.3 Å². The second-order valence-electron chi connectivity index (χ2n) is 5.64. The monoisotopic (exact) mass is 381 g/mol. The van der Waals surface area contributed by atoms with Gasteiger partial charge in [-0.15, -0.1) is 0 Å². The summed E-state index contributed by atoms with van der Waals surface area (Å²) >= 11 is 0. The zero-order valence-electron chi connectivity index (χ0n) is 13.8. The van der Waals surface area contributed by atoms with Crippen LogP contribution in [0.3, 0.4) is 0 Å². The van der Waals surface area contributed by atoms with E-state index < -0.39 is 29.6 Å². The number of amides is 1. The zero-order chi connectivity index (χ0) is 19.7. The highest BCUT2D eigenvalue weighted by molar-refractivity contribution is 5.94. The van der Waals surface area contributed by atoms with Crippen molar-refractivity contribution < 1.29 is 26.7 Å². The van der Waals surface area contributed by atoms with Gasteiger partial charge in [-0.3, -0.25) is 14.4 Å². The average molecular weight is 381 g/mol. The van der Waals surface area contributed by atoms with Gasteiger partial charge in [0, 0.05) is 18.8 Å². The molecule has 27 heavy (non-hydrogen) atoms. The maximum absolute atomic E-state index is 13.8. The molecule has 0 fully saturated rings. The lowest BCUT2D eigenvalue weighted by Gasteiger charge is -2.21. The summed E-state index contributed by atoms with van der Waals surface area (Å²) in [6, 6.07) is 6.21. The highest BCUT2D eigenvalue weighted by Gasteiger charge is 2.25. The number of hydrogen-bond donors (Lipinski definition) is 0. The van der Waals surface area contributed by atoms with E-state index in [1.807, 2.05) is 0 Å². The van der Waals surface area contributed by atoms with E-state index in [2.05, 4.69) is 5.10 Å². The standard InChI is InChI=1S/C18H12F5N3O/c1-25-8-16(17(24-25)18(22)23)26(9-27)15-7-11(19)3-4-12(15)10-2-5-13(20)14(21)6-10/h2-9,18H,1H3. The molecular weight excluding hydrogens is 369 g/mol. The van der Waals surface area contributed by atoms with Gasteiger partial charge < -0.3 is 0 Å². The molecule has 0 aliphatic heterocycles. The molecule has 0 spiro atoms. The Morgan fingerprint density at radius 1 is 1.04 bits per heavy atom. The van der Waals surface area contributed by atoms with E-state index in [-0.39, 0.29) is 28.9 Å². The number of aromatic nitrogens is 2. The number of carbonyl (C=O) groups is 1. The van der Waals surface area contributed by atoms with Crippen LogP contribution in [0.1, 0.15) is 12.1 Å². The van der Waals surface area contributed by atoms with Gasteiger partial charge >= 0.3 is 0 Å². The van der Waals surface area contributed by atoms with Gasteiger partial charge in [0.1, 0.15) is 5.82 Å². The lowest BCUT2D eigenvalue weighted by Crippen LogP contribution is -2.16. The number of nitrogens with zero attached hydrogens (tertiary/aromatic N) is 3. The van der Waals surface area contributed by atoms with E-state index in [0.717, 1.165) is 33.8 Å². The number of halogens is 5. The normalized spacial score (nSPS) is 11.1. The Bertz CT molecular complexity index is 1000. The van der Waals surface area contributed by atoms with E-state index in [1.165, 1.54) is 25.4 Å². The third-order valence-corrected chi connectivity index (χ3v) is 3.86. The summed E-state index contributed by atoms with van der Waals surface area (Å²) < 4.78 is 68.3. The van der Waals surface area contributed by atoms with Crippen molar-refractivity contribution in [3.63, 3.8) is 0 Å². The van der Waals surface area contributed by atoms with Crippen LogP contribution in [0.25, 0.3) is 11.1 Å². The second-order valence-corrected chi connectivity index (χ2v) is 5.64. The minimum absolute atomic E-state index is 0.120. The van der Waals surface area contributed by atoms with Crippen LogP contribution in [0.2, 0.25) is 0 Å². The highest BCUT2D eigenvalue weighted by Crippen LogP contribution is 2.38. The van der Waals surface area contributed by atoms with E-state index >= 15 is 0 Å². The predicted molar refractivity (Wildman–Crippen MR) is 88.1 cm³/mol. The van der Waals surface area contributed by atoms with Gasteiger partial charge in [0.15, 0.2) is 17.3 Å². The second kappa shape index (κ2) is 7.18. The van der Waals surface area contributed by atoms with Crippen LogP contribution in [0.15, 0.2) is 42.6 Å². The minimum atomic E-state index is -2.98. The van der Waals surface area contributed by atoms with Crippen molar-refractivity contribution in [1.82, 2.24) is 9.78 Å². The Balaban J connectivity index is 2.21. The molecule has 1 amide bonds. The van der Waals surface area contributed by atoms with Crippen LogP contribution in [0, 0.1) is 17.5 Å². The van der Waals surface area contributed by atoms with Gasteiger partial charge in [0.2, 0.25) is 6.41 Å². The Kier molecular flexibility index (Phi) is 4.93. The number of hydrogen-bond acceptors (Lipinski definition) is 2. The van der Waals surface area contributed by atoms with Gasteiger partial charge in [-0.2, -0.15) is 5.10 Å². The van der Waals surface area contributed by atoms with Crippen molar-refractivity contribution in [2.24, 2.45) is 7.05 Å². The van der Waals surface area contributed by atoms with E-state index in [1.54, 1.807) is 0 Å². The first kappa shape index (κ1) is 18.6. The fourth-order valence-electron chi connectivity index (χ4n) is 2.69. The quantitative estimate of drug-likeness (QED) is 0.473. The van der Waals surface area contributed by atoms with Crippen molar-refractivity contribution in [1.29, 1.82) is 0 Å². The SMILES string of the molecule is Cn1cc(N(C=O)c2cc(F)ccc2-c2ccc(F)c(F)c2)c(C(F)F)n1. The lowest BCUT2D eigenvalue weighted by atomic mass is 10.0. The number of alkyl halides is 2. The summed E-state index contributed by atoms with van der Waals surface area (Å²) in [5.41, 5.74) is -0.766. The van der Waals surface area contributed by atoms with Gasteiger partial charge in [0.05, 0.1) is 11.4 Å². The fourth-order valence-corrected chi connectivity index (χ4v) is 2.69. The fraction of sp³-hybridized carbons (Fsp3) is 0.111. The van der Waals surface area contributed by atoms with Gasteiger partial charge in [-0.25, -0.2) is 22.0 Å². The van der Waals surface area contributed by atoms with Crippen LogP contribution in [-0.2, 0) is 11.8 Å². The molecule has 1 heterocycles. The molecule has 0 aliphatic rings. The molecule has 1 aromatic heterocycles. The molecule has 0 atom stereocenters. The first-order chi connectivity index (χ1) is 12.8. The molecule has 0 saturated carbocycles. The van der Waals surface area contributed by atoms with Crippen LogP contribution >= 0.6 is 0 Å². The molecule has 0 N–H and O–H groups in total. The molecule has 0 bridgehead atoms. The molecule has 3 rings (SSSR count). The Morgan fingerprint density at radius 3 is 2.41 bits per heavy atom. The summed E-state index contributed by atoms with van der Waals surface area (Å²) in [6.45, 7) is 0. The average Bonchev–Trinajstić information content (AvgIpc) is 3.00. The summed E-state index contributed by atoms with van der Waals surface area (Å²) in [4.78, 5) is 12.5. The first-order valence-corrected chi connectivity index (χ1v) is 7.63. The van der Waals surface area contributed by atoms with E-state index in [0.29, 0.717) is 0 Å². The number of benzene rings is 2. The van der Waals surface area contributed by atoms with Gasteiger partial charge in [-0.05, 0) is 35.9 Å². The zero-order valence-corrected chi connectivity index (χ0v) is 13.8. The molecule has 0 aliphatic carbocycles. The maximum Gasteiger partial charge on any atom is 0.284 e. The summed E-state index contributed by atoms with van der Waals surface area (Å²) in [5, 5.41) is 3.62. The number of rotatable bonds is 5.